The lowest BCUT2D eigenvalue weighted by molar-refractivity contribution is -0.129. The van der Waals surface area contributed by atoms with E-state index in [2.05, 4.69) is 5.32 Å². The van der Waals surface area contributed by atoms with Crippen LogP contribution in [0.2, 0.25) is 0 Å². The van der Waals surface area contributed by atoms with Crippen molar-refractivity contribution < 1.29 is 21.6 Å². The van der Waals surface area contributed by atoms with Gasteiger partial charge in [0.15, 0.2) is 19.7 Å². The Kier molecular flexibility index (Phi) is 4.96. The number of hydrogen-bond donors (Lipinski definition) is 1. The Morgan fingerprint density at radius 2 is 1.75 bits per heavy atom. The number of benzene rings is 1. The van der Waals surface area contributed by atoms with Crippen molar-refractivity contribution >= 4 is 31.3 Å². The minimum atomic E-state index is -3.63. The summed E-state index contributed by atoms with van der Waals surface area (Å²) in [5.74, 6) is 0.0103. The van der Waals surface area contributed by atoms with Crippen LogP contribution in [0.5, 0.6) is 0 Å². The molecule has 1 amide bonds. The first-order valence-corrected chi connectivity index (χ1v) is 11.3. The molecule has 0 saturated carbocycles. The lowest BCUT2D eigenvalue weighted by Gasteiger charge is -2.22. The second-order valence-corrected chi connectivity index (χ2v) is 10.4. The molecule has 0 radical (unpaired) electrons. The first kappa shape index (κ1) is 18.7. The van der Waals surface area contributed by atoms with Gasteiger partial charge in [-0.3, -0.25) is 4.79 Å². The molecule has 0 aliphatic carbocycles. The molecule has 1 aliphatic rings. The van der Waals surface area contributed by atoms with Crippen LogP contribution in [0.15, 0.2) is 28.0 Å². The molecule has 1 aromatic rings. The van der Waals surface area contributed by atoms with Gasteiger partial charge in [0.25, 0.3) is 0 Å². The number of nitrogens with zero attached hydrogens (tertiary/aromatic N) is 1. The predicted molar refractivity (Wildman–Crippen MR) is 91.5 cm³/mol. The summed E-state index contributed by atoms with van der Waals surface area (Å²) in [6.45, 7) is 4.32. The van der Waals surface area contributed by atoms with Crippen LogP contribution in [-0.4, -0.2) is 58.8 Å². The zero-order valence-corrected chi connectivity index (χ0v) is 15.7. The second-order valence-electron chi connectivity index (χ2n) is 6.39. The van der Waals surface area contributed by atoms with Gasteiger partial charge in [0, 0.05) is 31.5 Å². The second kappa shape index (κ2) is 6.36. The molecule has 134 valence electrons. The fourth-order valence-electron chi connectivity index (χ4n) is 2.71. The number of hydrogen-bond acceptors (Lipinski definition) is 6. The van der Waals surface area contributed by atoms with Crippen molar-refractivity contribution in [2.45, 2.75) is 42.1 Å². The highest BCUT2D eigenvalue weighted by atomic mass is 32.2. The van der Waals surface area contributed by atoms with E-state index in [-0.39, 0.29) is 34.2 Å². The van der Waals surface area contributed by atoms with Crippen LogP contribution in [0.4, 0.5) is 5.69 Å². The Balaban J connectivity index is 2.36. The maximum Gasteiger partial charge on any atom is 0.225 e. The standard InChI is InChI=1S/C15H22N2O5S2/c1-10(2)17-9-11(7-15(17)18)16-13-6-5-12(23(3,19)20)8-14(13)24(4,21)22/h5-6,8,10-11,16H,7,9H2,1-4H3/t11-/m0/s1. The van der Waals surface area contributed by atoms with E-state index in [1.165, 1.54) is 12.1 Å². The molecule has 1 fully saturated rings. The van der Waals surface area contributed by atoms with Crippen molar-refractivity contribution in [3.05, 3.63) is 18.2 Å². The van der Waals surface area contributed by atoms with Gasteiger partial charge < -0.3 is 10.2 Å². The molecule has 0 bridgehead atoms. The number of carbonyl (C=O) groups excluding carboxylic acids is 1. The lowest BCUT2D eigenvalue weighted by atomic mass is 10.2. The van der Waals surface area contributed by atoms with Crippen LogP contribution in [0, 0.1) is 0 Å². The van der Waals surface area contributed by atoms with Gasteiger partial charge in [0.2, 0.25) is 5.91 Å². The van der Waals surface area contributed by atoms with Gasteiger partial charge in [-0.15, -0.1) is 0 Å². The molecule has 0 aromatic heterocycles. The SMILES string of the molecule is CC(C)N1C[C@@H](Nc2ccc(S(C)(=O)=O)cc2S(C)(=O)=O)CC1=O. The van der Waals surface area contributed by atoms with Gasteiger partial charge in [-0.05, 0) is 32.0 Å². The smallest absolute Gasteiger partial charge is 0.225 e. The number of carbonyl (C=O) groups is 1. The Hall–Kier alpha value is -1.61. The summed E-state index contributed by atoms with van der Waals surface area (Å²) in [5.41, 5.74) is 0.313. The van der Waals surface area contributed by atoms with E-state index in [1.54, 1.807) is 4.90 Å². The Labute approximate surface area is 142 Å². The summed E-state index contributed by atoms with van der Waals surface area (Å²) in [4.78, 5) is 13.6. The molecule has 1 heterocycles. The summed E-state index contributed by atoms with van der Waals surface area (Å²) in [6.07, 6.45) is 2.33. The number of rotatable bonds is 5. The summed E-state index contributed by atoms with van der Waals surface area (Å²) < 4.78 is 47.4. The van der Waals surface area contributed by atoms with Crippen LogP contribution < -0.4 is 5.32 Å². The van der Waals surface area contributed by atoms with Crippen LogP contribution in [-0.2, 0) is 24.5 Å². The minimum absolute atomic E-state index is 0.0103. The maximum atomic E-state index is 12.0. The normalized spacial score (nSPS) is 19.1. The average molecular weight is 374 g/mol. The third-order valence-corrected chi connectivity index (χ3v) is 6.17. The van der Waals surface area contributed by atoms with E-state index >= 15 is 0 Å². The molecule has 1 aromatic carbocycles. The highest BCUT2D eigenvalue weighted by Crippen LogP contribution is 2.27. The van der Waals surface area contributed by atoms with Gasteiger partial charge in [0.1, 0.15) is 0 Å². The van der Waals surface area contributed by atoms with E-state index < -0.39 is 19.7 Å². The summed E-state index contributed by atoms with van der Waals surface area (Å²) in [7, 11) is -7.14. The molecule has 1 atom stereocenters. The van der Waals surface area contributed by atoms with Crippen molar-refractivity contribution in [3.8, 4) is 0 Å². The Morgan fingerprint density at radius 1 is 1.12 bits per heavy atom. The zero-order valence-electron chi connectivity index (χ0n) is 14.1. The molecule has 1 N–H and O–H groups in total. The molecule has 1 saturated heterocycles. The first-order valence-electron chi connectivity index (χ1n) is 7.50. The predicted octanol–water partition coefficient (Wildman–Crippen LogP) is 0.915. The molecule has 2 rings (SSSR count). The number of nitrogens with one attached hydrogen (secondary N) is 1. The molecule has 24 heavy (non-hydrogen) atoms. The molecule has 0 unspecified atom stereocenters. The molecule has 7 nitrogen and oxygen atoms in total. The number of anilines is 1. The van der Waals surface area contributed by atoms with Gasteiger partial charge in [-0.2, -0.15) is 0 Å². The zero-order chi connectivity index (χ0) is 18.3. The maximum absolute atomic E-state index is 12.0. The highest BCUT2D eigenvalue weighted by Gasteiger charge is 2.32. The van der Waals surface area contributed by atoms with E-state index in [4.69, 9.17) is 0 Å². The van der Waals surface area contributed by atoms with Crippen LogP contribution >= 0.6 is 0 Å². The molecular formula is C15H22N2O5S2. The summed E-state index contributed by atoms with van der Waals surface area (Å²) in [6, 6.07) is 3.82. The monoisotopic (exact) mass is 374 g/mol. The van der Waals surface area contributed by atoms with E-state index in [9.17, 15) is 21.6 Å². The number of likely N-dealkylation sites (tertiary alicyclic amines) is 1. The third-order valence-electron chi connectivity index (χ3n) is 3.92. The van der Waals surface area contributed by atoms with Crippen molar-refractivity contribution in [2.75, 3.05) is 24.4 Å². The number of sulfone groups is 2. The van der Waals surface area contributed by atoms with E-state index in [0.717, 1.165) is 18.6 Å². The van der Waals surface area contributed by atoms with E-state index in [0.29, 0.717) is 12.2 Å². The average Bonchev–Trinajstić information content (AvgIpc) is 2.77. The van der Waals surface area contributed by atoms with Crippen LogP contribution in [0.1, 0.15) is 20.3 Å². The van der Waals surface area contributed by atoms with Crippen LogP contribution in [0.25, 0.3) is 0 Å². The number of amides is 1. The fourth-order valence-corrected chi connectivity index (χ4v) is 4.30. The lowest BCUT2D eigenvalue weighted by Crippen LogP contribution is -2.33. The summed E-state index contributed by atoms with van der Waals surface area (Å²) in [5, 5.41) is 3.07. The molecular weight excluding hydrogens is 352 g/mol. The largest absolute Gasteiger partial charge is 0.379 e. The van der Waals surface area contributed by atoms with Gasteiger partial charge >= 0.3 is 0 Å². The van der Waals surface area contributed by atoms with Gasteiger partial charge in [0.05, 0.1) is 21.5 Å². The molecule has 0 spiro atoms. The van der Waals surface area contributed by atoms with Crippen molar-refractivity contribution in [3.63, 3.8) is 0 Å². The quantitative estimate of drug-likeness (QED) is 0.822. The molecule has 1 aliphatic heterocycles. The van der Waals surface area contributed by atoms with Gasteiger partial charge in [-0.25, -0.2) is 16.8 Å². The fraction of sp³-hybridized carbons (Fsp3) is 0.533. The van der Waals surface area contributed by atoms with Crippen molar-refractivity contribution in [1.82, 2.24) is 4.90 Å². The summed E-state index contributed by atoms with van der Waals surface area (Å²) >= 11 is 0. The molecule has 9 heteroatoms. The third kappa shape index (κ3) is 4.07. The van der Waals surface area contributed by atoms with Crippen molar-refractivity contribution in [1.29, 1.82) is 0 Å². The topological polar surface area (TPSA) is 101 Å². The highest BCUT2D eigenvalue weighted by molar-refractivity contribution is 7.91. The van der Waals surface area contributed by atoms with Crippen LogP contribution in [0.3, 0.4) is 0 Å². The Bertz CT molecular complexity index is 860. The van der Waals surface area contributed by atoms with E-state index in [1.807, 2.05) is 13.8 Å². The minimum Gasteiger partial charge on any atom is -0.379 e. The first-order chi connectivity index (χ1) is 10.9. The Morgan fingerprint density at radius 3 is 2.21 bits per heavy atom. The van der Waals surface area contributed by atoms with Gasteiger partial charge in [-0.1, -0.05) is 0 Å². The van der Waals surface area contributed by atoms with Crippen molar-refractivity contribution in [2.24, 2.45) is 0 Å².